The lowest BCUT2D eigenvalue weighted by Gasteiger charge is -2.14. The maximum Gasteiger partial charge on any atom is 0.278 e. The number of nitrogens with zero attached hydrogens (tertiary/aromatic N) is 1. The fourth-order valence-electron chi connectivity index (χ4n) is 3.13. The van der Waals surface area contributed by atoms with E-state index in [1.54, 1.807) is 36.4 Å². The zero-order valence-corrected chi connectivity index (χ0v) is 17.0. The van der Waals surface area contributed by atoms with E-state index in [-0.39, 0.29) is 17.5 Å². The van der Waals surface area contributed by atoms with Gasteiger partial charge in [0.1, 0.15) is 11.4 Å². The van der Waals surface area contributed by atoms with Gasteiger partial charge in [0.15, 0.2) is 0 Å². The number of carbonyl (C=O) groups excluding carboxylic acids is 2. The number of hydrogen-bond donors (Lipinski definition) is 1. The van der Waals surface area contributed by atoms with Gasteiger partial charge < -0.3 is 10.1 Å². The molecule has 3 rings (SSSR count). The molecule has 0 spiro atoms. The summed E-state index contributed by atoms with van der Waals surface area (Å²) in [5.74, 6) is 0.0996. The third kappa shape index (κ3) is 3.90. The number of rotatable bonds is 7. The Kier molecular flexibility index (Phi) is 6.05. The van der Waals surface area contributed by atoms with Crippen molar-refractivity contribution in [1.29, 1.82) is 0 Å². The zero-order valence-electron chi connectivity index (χ0n) is 16.2. The van der Waals surface area contributed by atoms with Crippen molar-refractivity contribution in [2.24, 2.45) is 0 Å². The molecule has 2 aromatic rings. The molecule has 0 atom stereocenters. The highest BCUT2D eigenvalue weighted by molar-refractivity contribution is 6.36. The third-order valence-electron chi connectivity index (χ3n) is 4.53. The molecule has 0 aliphatic carbocycles. The van der Waals surface area contributed by atoms with E-state index in [9.17, 15) is 9.59 Å². The second-order valence-electron chi connectivity index (χ2n) is 6.55. The Balaban J connectivity index is 2.06. The number of nitrogens with one attached hydrogen (secondary N) is 1. The van der Waals surface area contributed by atoms with Crippen LogP contribution in [0.2, 0.25) is 5.02 Å². The molecule has 0 saturated carbocycles. The van der Waals surface area contributed by atoms with E-state index >= 15 is 0 Å². The van der Waals surface area contributed by atoms with Gasteiger partial charge in [0, 0.05) is 17.3 Å². The van der Waals surface area contributed by atoms with Crippen molar-refractivity contribution >= 4 is 34.7 Å². The molecule has 1 aliphatic heterocycles. The monoisotopic (exact) mass is 398 g/mol. The Labute approximate surface area is 169 Å². The van der Waals surface area contributed by atoms with Crippen LogP contribution in [0.1, 0.15) is 31.4 Å². The SMILES string of the molecule is CCCN1C(=O)C(Nc2cc(Cl)ccc2C)=C(c2ccc(OCC)cc2)C1=O. The highest BCUT2D eigenvalue weighted by Gasteiger charge is 2.38. The van der Waals surface area contributed by atoms with Crippen LogP contribution in [0.5, 0.6) is 5.75 Å². The van der Waals surface area contributed by atoms with Crippen molar-refractivity contribution in [3.05, 3.63) is 64.3 Å². The number of halogens is 1. The number of hydrogen-bond acceptors (Lipinski definition) is 4. The standard InChI is InChI=1S/C22H23ClN2O3/c1-4-12-25-21(26)19(15-7-10-17(11-8-15)28-5-2)20(22(25)27)24-18-13-16(23)9-6-14(18)3/h6-11,13,24H,4-5,12H2,1-3H3. The molecule has 2 amide bonds. The summed E-state index contributed by atoms with van der Waals surface area (Å²) in [5, 5.41) is 3.71. The van der Waals surface area contributed by atoms with Gasteiger partial charge in [-0.2, -0.15) is 0 Å². The topological polar surface area (TPSA) is 58.6 Å². The molecule has 0 fully saturated rings. The number of anilines is 1. The van der Waals surface area contributed by atoms with Crippen LogP contribution >= 0.6 is 11.6 Å². The molecule has 0 bridgehead atoms. The van der Waals surface area contributed by atoms with E-state index in [4.69, 9.17) is 16.3 Å². The summed E-state index contributed by atoms with van der Waals surface area (Å²) in [6, 6.07) is 12.6. The van der Waals surface area contributed by atoms with Crippen LogP contribution in [0.3, 0.4) is 0 Å². The molecule has 2 aromatic carbocycles. The van der Waals surface area contributed by atoms with Gasteiger partial charge in [0.05, 0.1) is 12.2 Å². The van der Waals surface area contributed by atoms with Gasteiger partial charge in [-0.1, -0.05) is 36.7 Å². The van der Waals surface area contributed by atoms with E-state index in [1.807, 2.05) is 26.8 Å². The molecule has 1 heterocycles. The fourth-order valence-corrected chi connectivity index (χ4v) is 3.31. The smallest absolute Gasteiger partial charge is 0.278 e. The molecular formula is C22H23ClN2O3. The summed E-state index contributed by atoms with van der Waals surface area (Å²) < 4.78 is 5.47. The molecule has 0 radical (unpaired) electrons. The number of imide groups is 1. The molecule has 1 N–H and O–H groups in total. The number of benzene rings is 2. The van der Waals surface area contributed by atoms with Crippen LogP contribution in [-0.2, 0) is 9.59 Å². The van der Waals surface area contributed by atoms with Crippen molar-refractivity contribution in [2.45, 2.75) is 27.2 Å². The summed E-state index contributed by atoms with van der Waals surface area (Å²) in [7, 11) is 0. The maximum absolute atomic E-state index is 13.0. The summed E-state index contributed by atoms with van der Waals surface area (Å²) in [4.78, 5) is 27.3. The first-order valence-corrected chi connectivity index (χ1v) is 9.71. The van der Waals surface area contributed by atoms with E-state index in [0.717, 1.165) is 5.56 Å². The average Bonchev–Trinajstić information content (AvgIpc) is 2.90. The molecule has 6 heteroatoms. The Morgan fingerprint density at radius 2 is 1.75 bits per heavy atom. The van der Waals surface area contributed by atoms with Gasteiger partial charge in [-0.25, -0.2) is 0 Å². The number of carbonyl (C=O) groups is 2. The van der Waals surface area contributed by atoms with Crippen molar-refractivity contribution in [3.8, 4) is 5.75 Å². The second-order valence-corrected chi connectivity index (χ2v) is 6.99. The van der Waals surface area contributed by atoms with E-state index in [0.29, 0.717) is 47.2 Å². The quantitative estimate of drug-likeness (QED) is 0.690. The Morgan fingerprint density at radius 3 is 2.39 bits per heavy atom. The predicted molar refractivity (Wildman–Crippen MR) is 111 cm³/mol. The molecule has 0 saturated heterocycles. The predicted octanol–water partition coefficient (Wildman–Crippen LogP) is 4.65. The Morgan fingerprint density at radius 1 is 1.04 bits per heavy atom. The van der Waals surface area contributed by atoms with Gasteiger partial charge in [-0.15, -0.1) is 0 Å². The summed E-state index contributed by atoms with van der Waals surface area (Å²) in [5.41, 5.74) is 2.93. The van der Waals surface area contributed by atoms with Crippen LogP contribution < -0.4 is 10.1 Å². The van der Waals surface area contributed by atoms with Crippen LogP contribution in [0.15, 0.2) is 48.2 Å². The fraction of sp³-hybridized carbons (Fsp3) is 0.273. The first kappa shape index (κ1) is 20.0. The molecule has 5 nitrogen and oxygen atoms in total. The number of aryl methyl sites for hydroxylation is 1. The van der Waals surface area contributed by atoms with Gasteiger partial charge >= 0.3 is 0 Å². The van der Waals surface area contributed by atoms with Crippen LogP contribution in [0.4, 0.5) is 5.69 Å². The van der Waals surface area contributed by atoms with Crippen molar-refractivity contribution in [1.82, 2.24) is 4.90 Å². The minimum absolute atomic E-state index is 0.271. The van der Waals surface area contributed by atoms with Crippen molar-refractivity contribution < 1.29 is 14.3 Å². The Bertz CT molecular complexity index is 935. The van der Waals surface area contributed by atoms with Crippen molar-refractivity contribution in [3.63, 3.8) is 0 Å². The van der Waals surface area contributed by atoms with Gasteiger partial charge in [0.2, 0.25) is 0 Å². The van der Waals surface area contributed by atoms with Gasteiger partial charge in [-0.3, -0.25) is 14.5 Å². The highest BCUT2D eigenvalue weighted by atomic mass is 35.5. The molecular weight excluding hydrogens is 376 g/mol. The second kappa shape index (κ2) is 8.48. The van der Waals surface area contributed by atoms with Crippen LogP contribution in [0.25, 0.3) is 5.57 Å². The van der Waals surface area contributed by atoms with Crippen molar-refractivity contribution in [2.75, 3.05) is 18.5 Å². The molecule has 0 aromatic heterocycles. The van der Waals surface area contributed by atoms with E-state index in [1.165, 1.54) is 4.90 Å². The first-order valence-electron chi connectivity index (χ1n) is 9.33. The Hall–Kier alpha value is -2.79. The lowest BCUT2D eigenvalue weighted by molar-refractivity contribution is -0.136. The van der Waals surface area contributed by atoms with E-state index in [2.05, 4.69) is 5.32 Å². The summed E-state index contributed by atoms with van der Waals surface area (Å²) in [6.45, 7) is 6.69. The first-order chi connectivity index (χ1) is 13.5. The largest absolute Gasteiger partial charge is 0.494 e. The number of ether oxygens (including phenoxy) is 1. The van der Waals surface area contributed by atoms with Gasteiger partial charge in [0.25, 0.3) is 11.8 Å². The van der Waals surface area contributed by atoms with Gasteiger partial charge in [-0.05, 0) is 55.7 Å². The zero-order chi connectivity index (χ0) is 20.3. The van der Waals surface area contributed by atoms with Crippen LogP contribution in [-0.4, -0.2) is 29.9 Å². The van der Waals surface area contributed by atoms with E-state index < -0.39 is 0 Å². The lowest BCUT2D eigenvalue weighted by Crippen LogP contribution is -2.33. The maximum atomic E-state index is 13.0. The summed E-state index contributed by atoms with van der Waals surface area (Å²) in [6.07, 6.45) is 0.692. The highest BCUT2D eigenvalue weighted by Crippen LogP contribution is 2.32. The third-order valence-corrected chi connectivity index (χ3v) is 4.76. The summed E-state index contributed by atoms with van der Waals surface area (Å²) >= 11 is 6.11. The minimum atomic E-state index is -0.324. The average molecular weight is 399 g/mol. The molecule has 28 heavy (non-hydrogen) atoms. The minimum Gasteiger partial charge on any atom is -0.494 e. The molecule has 1 aliphatic rings. The normalized spacial score (nSPS) is 14.1. The van der Waals surface area contributed by atoms with Crippen LogP contribution in [0, 0.1) is 6.92 Å². The lowest BCUT2D eigenvalue weighted by atomic mass is 10.0. The molecule has 146 valence electrons. The number of amides is 2. The molecule has 0 unspecified atom stereocenters.